The van der Waals surface area contributed by atoms with E-state index >= 15 is 0 Å². The zero-order valence-corrected chi connectivity index (χ0v) is 18.3. The molecule has 0 radical (unpaired) electrons. The maximum atomic E-state index is 14.0. The van der Waals surface area contributed by atoms with E-state index in [1.54, 1.807) is 19.1 Å². The number of hydrogen-bond acceptors (Lipinski definition) is 3. The van der Waals surface area contributed by atoms with Gasteiger partial charge in [0.15, 0.2) is 0 Å². The molecule has 0 atom stereocenters. The first-order chi connectivity index (χ1) is 16.4. The van der Waals surface area contributed by atoms with Gasteiger partial charge < -0.3 is 9.88 Å². The molecule has 5 aromatic rings. The first kappa shape index (κ1) is 21.5. The molecule has 6 nitrogen and oxygen atoms in total. The molecule has 0 saturated carbocycles. The average molecular weight is 458 g/mol. The smallest absolute Gasteiger partial charge is 0.278 e. The van der Waals surface area contributed by atoms with Crippen molar-refractivity contribution in [2.24, 2.45) is 0 Å². The van der Waals surface area contributed by atoms with E-state index in [1.165, 1.54) is 39.7 Å². The molecule has 2 heterocycles. The van der Waals surface area contributed by atoms with E-state index in [0.29, 0.717) is 34.2 Å². The normalized spacial score (nSPS) is 11.3. The second-order valence-corrected chi connectivity index (χ2v) is 8.12. The Morgan fingerprint density at radius 2 is 1.82 bits per heavy atom. The molecule has 34 heavy (non-hydrogen) atoms. The molecule has 3 aromatic carbocycles. The topological polar surface area (TPSA) is 68.9 Å². The Labute approximate surface area is 193 Å². The summed E-state index contributed by atoms with van der Waals surface area (Å²) in [6.07, 6.45) is 1.43. The lowest BCUT2D eigenvalue weighted by atomic mass is 10.2. The van der Waals surface area contributed by atoms with E-state index in [4.69, 9.17) is 0 Å². The van der Waals surface area contributed by atoms with Gasteiger partial charge in [-0.25, -0.2) is 13.8 Å². The standard InChI is InChI=1S/C26H20F2N4O2/c1-16-7-9-19(12-21(16)28)30-23(33)14-32-22-10-8-18(27)11-20(22)24-25(32)26(34)31(15-29-24)13-17-5-3-2-4-6-17/h2-12,15H,13-14H2,1H3,(H,30,33). The molecular weight excluding hydrogens is 438 g/mol. The van der Waals surface area contributed by atoms with E-state index < -0.39 is 17.5 Å². The lowest BCUT2D eigenvalue weighted by Gasteiger charge is -2.10. The number of carbonyl (C=O) groups excluding carboxylic acids is 1. The summed E-state index contributed by atoms with van der Waals surface area (Å²) in [5, 5.41) is 3.10. The summed E-state index contributed by atoms with van der Waals surface area (Å²) >= 11 is 0. The third kappa shape index (κ3) is 3.94. The number of fused-ring (bicyclic) bond motifs is 3. The van der Waals surface area contributed by atoms with Crippen molar-refractivity contribution in [3.8, 4) is 0 Å². The van der Waals surface area contributed by atoms with Crippen LogP contribution in [-0.4, -0.2) is 20.0 Å². The number of amides is 1. The average Bonchev–Trinajstić information content (AvgIpc) is 3.12. The SMILES string of the molecule is Cc1ccc(NC(=O)Cn2c3ccc(F)cc3c3ncn(Cc4ccccc4)c(=O)c32)cc1F. The molecule has 0 aliphatic rings. The van der Waals surface area contributed by atoms with Crippen LogP contribution in [0.25, 0.3) is 21.9 Å². The third-order valence-electron chi connectivity index (χ3n) is 5.74. The van der Waals surface area contributed by atoms with Crippen molar-refractivity contribution < 1.29 is 13.6 Å². The van der Waals surface area contributed by atoms with Crippen LogP contribution in [0.5, 0.6) is 0 Å². The molecule has 2 aromatic heterocycles. The molecule has 170 valence electrons. The number of halogens is 2. The fraction of sp³-hybridized carbons (Fsp3) is 0.115. The number of aryl methyl sites for hydroxylation is 1. The van der Waals surface area contributed by atoms with Gasteiger partial charge in [-0.2, -0.15) is 0 Å². The highest BCUT2D eigenvalue weighted by molar-refractivity contribution is 6.06. The van der Waals surface area contributed by atoms with E-state index in [-0.39, 0.29) is 17.6 Å². The van der Waals surface area contributed by atoms with Gasteiger partial charge in [0, 0.05) is 11.1 Å². The summed E-state index contributed by atoms with van der Waals surface area (Å²) in [7, 11) is 0. The van der Waals surface area contributed by atoms with Crippen molar-refractivity contribution >= 4 is 33.5 Å². The molecule has 0 bridgehead atoms. The van der Waals surface area contributed by atoms with Crippen LogP contribution in [0, 0.1) is 18.6 Å². The van der Waals surface area contributed by atoms with E-state index in [1.807, 2.05) is 30.3 Å². The van der Waals surface area contributed by atoms with Crippen molar-refractivity contribution in [2.75, 3.05) is 5.32 Å². The van der Waals surface area contributed by atoms with E-state index in [9.17, 15) is 18.4 Å². The number of aromatic nitrogens is 3. The zero-order valence-electron chi connectivity index (χ0n) is 18.3. The van der Waals surface area contributed by atoms with Crippen LogP contribution in [0.3, 0.4) is 0 Å². The van der Waals surface area contributed by atoms with Gasteiger partial charge in [-0.1, -0.05) is 36.4 Å². The zero-order chi connectivity index (χ0) is 23.8. The Morgan fingerprint density at radius 1 is 1.03 bits per heavy atom. The molecule has 0 aliphatic carbocycles. The maximum absolute atomic E-state index is 14.0. The van der Waals surface area contributed by atoms with Crippen molar-refractivity contribution in [3.05, 3.63) is 106 Å². The minimum Gasteiger partial charge on any atom is -0.325 e. The summed E-state index contributed by atoms with van der Waals surface area (Å²) in [5.74, 6) is -1.36. The van der Waals surface area contributed by atoms with Crippen LogP contribution in [0.2, 0.25) is 0 Å². The molecule has 0 aliphatic heterocycles. The Balaban J connectivity index is 1.59. The van der Waals surface area contributed by atoms with Crippen LogP contribution in [-0.2, 0) is 17.9 Å². The van der Waals surface area contributed by atoms with Gasteiger partial charge in [-0.3, -0.25) is 14.2 Å². The summed E-state index contributed by atoms with van der Waals surface area (Å²) in [6, 6.07) is 17.9. The summed E-state index contributed by atoms with van der Waals surface area (Å²) in [4.78, 5) is 30.8. The second-order valence-electron chi connectivity index (χ2n) is 8.12. The van der Waals surface area contributed by atoms with Gasteiger partial charge in [-0.05, 0) is 48.4 Å². The fourth-order valence-corrected chi connectivity index (χ4v) is 4.04. The van der Waals surface area contributed by atoms with Gasteiger partial charge in [0.1, 0.15) is 29.2 Å². The quantitative estimate of drug-likeness (QED) is 0.418. The number of carbonyl (C=O) groups is 1. The first-order valence-corrected chi connectivity index (χ1v) is 10.7. The van der Waals surface area contributed by atoms with Crippen molar-refractivity contribution in [1.82, 2.24) is 14.1 Å². The van der Waals surface area contributed by atoms with Gasteiger partial charge in [0.2, 0.25) is 5.91 Å². The highest BCUT2D eigenvalue weighted by Crippen LogP contribution is 2.26. The van der Waals surface area contributed by atoms with Gasteiger partial charge in [0.25, 0.3) is 5.56 Å². The van der Waals surface area contributed by atoms with Crippen LogP contribution in [0.15, 0.2) is 77.9 Å². The number of hydrogen-bond donors (Lipinski definition) is 1. The predicted octanol–water partition coefficient (Wildman–Crippen LogP) is 4.62. The number of rotatable bonds is 5. The molecule has 1 amide bonds. The largest absolute Gasteiger partial charge is 0.325 e. The minimum absolute atomic E-state index is 0.198. The molecule has 8 heteroatoms. The third-order valence-corrected chi connectivity index (χ3v) is 5.74. The Bertz CT molecular complexity index is 1610. The summed E-state index contributed by atoms with van der Waals surface area (Å²) in [6.45, 7) is 1.70. The van der Waals surface area contributed by atoms with Crippen molar-refractivity contribution in [1.29, 1.82) is 0 Å². The fourth-order valence-electron chi connectivity index (χ4n) is 4.04. The Kier molecular flexibility index (Phi) is 5.41. The van der Waals surface area contributed by atoms with Crippen molar-refractivity contribution in [2.45, 2.75) is 20.0 Å². The van der Waals surface area contributed by atoms with Gasteiger partial charge in [0.05, 0.1) is 18.4 Å². The highest BCUT2D eigenvalue weighted by atomic mass is 19.1. The number of anilines is 1. The molecular formula is C26H20F2N4O2. The predicted molar refractivity (Wildman–Crippen MR) is 127 cm³/mol. The summed E-state index contributed by atoms with van der Waals surface area (Å²) < 4.78 is 30.9. The lowest BCUT2D eigenvalue weighted by Crippen LogP contribution is -2.25. The maximum Gasteiger partial charge on any atom is 0.278 e. The molecule has 5 rings (SSSR count). The van der Waals surface area contributed by atoms with Crippen molar-refractivity contribution in [3.63, 3.8) is 0 Å². The van der Waals surface area contributed by atoms with Crippen LogP contribution >= 0.6 is 0 Å². The van der Waals surface area contributed by atoms with E-state index in [2.05, 4.69) is 10.3 Å². The summed E-state index contributed by atoms with van der Waals surface area (Å²) in [5.41, 5.74) is 2.36. The minimum atomic E-state index is -0.471. The van der Waals surface area contributed by atoms with Crippen LogP contribution in [0.4, 0.5) is 14.5 Å². The molecule has 0 saturated heterocycles. The number of benzene rings is 3. The molecule has 0 spiro atoms. The lowest BCUT2D eigenvalue weighted by molar-refractivity contribution is -0.116. The Hall–Kier alpha value is -4.33. The van der Waals surface area contributed by atoms with Gasteiger partial charge in [-0.15, -0.1) is 0 Å². The molecule has 1 N–H and O–H groups in total. The Morgan fingerprint density at radius 3 is 2.59 bits per heavy atom. The second kappa shape index (κ2) is 8.55. The monoisotopic (exact) mass is 458 g/mol. The van der Waals surface area contributed by atoms with E-state index in [0.717, 1.165) is 5.56 Å². The first-order valence-electron chi connectivity index (χ1n) is 10.7. The van der Waals surface area contributed by atoms with Gasteiger partial charge >= 0.3 is 0 Å². The van der Waals surface area contributed by atoms with Crippen LogP contribution in [0.1, 0.15) is 11.1 Å². The highest BCUT2D eigenvalue weighted by Gasteiger charge is 2.19. The number of nitrogens with one attached hydrogen (secondary N) is 1. The van der Waals surface area contributed by atoms with Crippen LogP contribution < -0.4 is 10.9 Å². The molecule has 0 fully saturated rings. The molecule has 0 unspecified atom stereocenters. The number of nitrogens with zero attached hydrogens (tertiary/aromatic N) is 3.